The van der Waals surface area contributed by atoms with E-state index >= 15 is 0 Å². The molecule has 1 aliphatic heterocycles. The van der Waals surface area contributed by atoms with Gasteiger partial charge in [0.05, 0.1) is 17.2 Å². The summed E-state index contributed by atoms with van der Waals surface area (Å²) in [5.41, 5.74) is -0.698. The van der Waals surface area contributed by atoms with E-state index in [0.717, 1.165) is 4.90 Å². The quantitative estimate of drug-likeness (QED) is 0.765. The van der Waals surface area contributed by atoms with E-state index in [2.05, 4.69) is 21.0 Å². The largest absolute Gasteiger partial charge is 0.444 e. The molecular weight excluding hydrogens is 348 g/mol. The second-order valence-electron chi connectivity index (χ2n) is 6.11. The third kappa shape index (κ3) is 3.93. The lowest BCUT2D eigenvalue weighted by Gasteiger charge is -2.38. The van der Waals surface area contributed by atoms with Crippen LogP contribution >= 0.6 is 15.9 Å². The van der Waals surface area contributed by atoms with Crippen molar-refractivity contribution in [2.24, 2.45) is 0 Å². The van der Waals surface area contributed by atoms with Gasteiger partial charge in [-0.15, -0.1) is 0 Å². The van der Waals surface area contributed by atoms with Crippen LogP contribution in [0.1, 0.15) is 33.2 Å². The molecule has 0 N–H and O–H groups in total. The molecule has 1 aliphatic rings. The fourth-order valence-electron chi connectivity index (χ4n) is 2.22. The first-order chi connectivity index (χ1) is 9.58. The van der Waals surface area contributed by atoms with Gasteiger partial charge in [0.25, 0.3) is 5.92 Å². The molecule has 2 heterocycles. The van der Waals surface area contributed by atoms with Crippen molar-refractivity contribution < 1.29 is 18.3 Å². The van der Waals surface area contributed by atoms with Crippen LogP contribution in [0.15, 0.2) is 16.9 Å². The van der Waals surface area contributed by atoms with Crippen molar-refractivity contribution in [2.45, 2.75) is 44.8 Å². The molecule has 0 bridgehead atoms. The summed E-state index contributed by atoms with van der Waals surface area (Å²) in [5, 5.41) is 3.92. The van der Waals surface area contributed by atoms with Gasteiger partial charge in [0.2, 0.25) is 0 Å². The number of amides is 1. The molecule has 0 spiro atoms. The highest BCUT2D eigenvalue weighted by atomic mass is 79.9. The maximum atomic E-state index is 14.3. The fraction of sp³-hybridized carbons (Fsp3) is 0.692. The third-order valence-corrected chi connectivity index (χ3v) is 3.51. The highest BCUT2D eigenvalue weighted by Crippen LogP contribution is 2.37. The number of carbonyl (C=O) groups is 1. The van der Waals surface area contributed by atoms with Gasteiger partial charge in [0.1, 0.15) is 11.6 Å². The van der Waals surface area contributed by atoms with Crippen LogP contribution < -0.4 is 0 Å². The van der Waals surface area contributed by atoms with Crippen molar-refractivity contribution in [3.05, 3.63) is 16.9 Å². The summed E-state index contributed by atoms with van der Waals surface area (Å²) in [6.45, 7) is 4.67. The topological polar surface area (TPSA) is 47.4 Å². The average molecular weight is 366 g/mol. The predicted molar refractivity (Wildman–Crippen MR) is 76.3 cm³/mol. The monoisotopic (exact) mass is 365 g/mol. The van der Waals surface area contributed by atoms with Gasteiger partial charge >= 0.3 is 6.09 Å². The van der Waals surface area contributed by atoms with Gasteiger partial charge in [-0.05, 0) is 43.1 Å². The van der Waals surface area contributed by atoms with Crippen molar-refractivity contribution in [1.29, 1.82) is 0 Å². The number of carbonyl (C=O) groups excluding carboxylic acids is 1. The number of piperidine rings is 1. The molecule has 1 amide bonds. The van der Waals surface area contributed by atoms with Gasteiger partial charge in [-0.25, -0.2) is 13.6 Å². The lowest BCUT2D eigenvalue weighted by molar-refractivity contribution is -0.106. The number of ether oxygens (including phenoxy) is 1. The lowest BCUT2D eigenvalue weighted by Crippen LogP contribution is -2.52. The maximum absolute atomic E-state index is 14.3. The van der Waals surface area contributed by atoms with Crippen molar-refractivity contribution in [3.63, 3.8) is 0 Å². The molecule has 1 atom stereocenters. The fourth-order valence-corrected chi connectivity index (χ4v) is 2.52. The summed E-state index contributed by atoms with van der Waals surface area (Å²) in [6.07, 6.45) is 2.40. The Morgan fingerprint density at radius 1 is 1.52 bits per heavy atom. The second kappa shape index (κ2) is 5.55. The minimum atomic E-state index is -3.05. The highest BCUT2D eigenvalue weighted by Gasteiger charge is 2.48. The van der Waals surface area contributed by atoms with Crippen LogP contribution in [0.5, 0.6) is 0 Å². The molecular formula is C13H18BrF2N3O2. The van der Waals surface area contributed by atoms with E-state index in [9.17, 15) is 13.6 Å². The zero-order chi connectivity index (χ0) is 15.8. The molecule has 0 aromatic carbocycles. The van der Waals surface area contributed by atoms with E-state index in [-0.39, 0.29) is 13.0 Å². The molecule has 8 heteroatoms. The highest BCUT2D eigenvalue weighted by molar-refractivity contribution is 9.10. The molecule has 1 fully saturated rings. The van der Waals surface area contributed by atoms with E-state index in [0.29, 0.717) is 4.47 Å². The van der Waals surface area contributed by atoms with Gasteiger partial charge in [-0.1, -0.05) is 0 Å². The van der Waals surface area contributed by atoms with Gasteiger partial charge in [0, 0.05) is 12.7 Å². The Morgan fingerprint density at radius 2 is 2.19 bits per heavy atom. The smallest absolute Gasteiger partial charge is 0.410 e. The van der Waals surface area contributed by atoms with Crippen LogP contribution in [0.25, 0.3) is 0 Å². The molecule has 118 valence electrons. The summed E-state index contributed by atoms with van der Waals surface area (Å²) in [4.78, 5) is 12.9. The molecule has 0 aliphatic carbocycles. The van der Waals surface area contributed by atoms with E-state index in [1.54, 1.807) is 20.8 Å². The minimum Gasteiger partial charge on any atom is -0.444 e. The Kier molecular flexibility index (Phi) is 4.28. The molecule has 2 rings (SSSR count). The zero-order valence-electron chi connectivity index (χ0n) is 12.1. The van der Waals surface area contributed by atoms with Crippen LogP contribution in [-0.2, 0) is 4.74 Å². The number of alkyl halides is 2. The molecule has 0 radical (unpaired) electrons. The van der Waals surface area contributed by atoms with Gasteiger partial charge < -0.3 is 9.64 Å². The molecule has 0 saturated carbocycles. The molecule has 1 aromatic heterocycles. The number of nitrogens with zero attached hydrogens (tertiary/aromatic N) is 3. The first-order valence-corrected chi connectivity index (χ1v) is 7.43. The Labute approximate surface area is 130 Å². The first-order valence-electron chi connectivity index (χ1n) is 6.64. The number of hydrogen-bond donors (Lipinski definition) is 0. The molecule has 1 aromatic rings. The van der Waals surface area contributed by atoms with Crippen molar-refractivity contribution in [3.8, 4) is 0 Å². The van der Waals surface area contributed by atoms with E-state index in [1.165, 1.54) is 17.1 Å². The number of hydrogen-bond acceptors (Lipinski definition) is 3. The molecule has 1 saturated heterocycles. The summed E-state index contributed by atoms with van der Waals surface area (Å²) >= 11 is 3.19. The van der Waals surface area contributed by atoms with Crippen molar-refractivity contribution in [2.75, 3.05) is 13.1 Å². The van der Waals surface area contributed by atoms with E-state index in [1.807, 2.05) is 0 Å². The molecule has 21 heavy (non-hydrogen) atoms. The minimum absolute atomic E-state index is 0.125. The van der Waals surface area contributed by atoms with Gasteiger partial charge in [-0.2, -0.15) is 5.10 Å². The Hall–Kier alpha value is -1.18. The first kappa shape index (κ1) is 16.2. The summed E-state index contributed by atoms with van der Waals surface area (Å²) in [7, 11) is 0. The van der Waals surface area contributed by atoms with E-state index in [4.69, 9.17) is 4.74 Å². The van der Waals surface area contributed by atoms with Crippen LogP contribution in [0.2, 0.25) is 0 Å². The summed E-state index contributed by atoms with van der Waals surface area (Å²) in [5.74, 6) is -3.05. The maximum Gasteiger partial charge on any atom is 0.410 e. The Bertz CT molecular complexity index is 528. The second-order valence-corrected chi connectivity index (χ2v) is 7.02. The lowest BCUT2D eigenvalue weighted by atomic mass is 10.0. The predicted octanol–water partition coefficient (Wildman–Crippen LogP) is 3.46. The van der Waals surface area contributed by atoms with Crippen LogP contribution in [0.4, 0.5) is 13.6 Å². The number of rotatable bonds is 1. The normalized spacial score (nSPS) is 22.2. The van der Waals surface area contributed by atoms with Crippen LogP contribution in [0, 0.1) is 0 Å². The SMILES string of the molecule is CC(C)(C)OC(=O)N1CCC(n2cc(Br)cn2)C(F)(F)C1. The van der Waals surface area contributed by atoms with E-state index < -0.39 is 30.2 Å². The Morgan fingerprint density at radius 3 is 2.67 bits per heavy atom. The van der Waals surface area contributed by atoms with Gasteiger partial charge in [0.15, 0.2) is 0 Å². The molecule has 5 nitrogen and oxygen atoms in total. The van der Waals surface area contributed by atoms with Crippen molar-refractivity contribution in [1.82, 2.24) is 14.7 Å². The average Bonchev–Trinajstić information content (AvgIpc) is 2.71. The molecule has 1 unspecified atom stereocenters. The standard InChI is InChI=1S/C13H18BrF2N3O2/c1-12(2,3)21-11(20)18-5-4-10(13(15,16)8-18)19-7-9(14)6-17-19/h6-7,10H,4-5,8H2,1-3H3. The third-order valence-electron chi connectivity index (χ3n) is 3.10. The number of likely N-dealkylation sites (tertiary alicyclic amines) is 1. The van der Waals surface area contributed by atoms with Crippen LogP contribution in [0.3, 0.4) is 0 Å². The van der Waals surface area contributed by atoms with Crippen LogP contribution in [-0.4, -0.2) is 45.4 Å². The number of aromatic nitrogens is 2. The summed E-state index contributed by atoms with van der Waals surface area (Å²) in [6, 6.07) is -1.05. The van der Waals surface area contributed by atoms with Gasteiger partial charge in [-0.3, -0.25) is 4.68 Å². The summed E-state index contributed by atoms with van der Waals surface area (Å²) < 4.78 is 35.6. The number of halogens is 3. The zero-order valence-corrected chi connectivity index (χ0v) is 13.7. The Balaban J connectivity index is 2.07. The van der Waals surface area contributed by atoms with Crippen molar-refractivity contribution >= 4 is 22.0 Å².